The molecule has 0 amide bonds. The van der Waals surface area contributed by atoms with Crippen LogP contribution in [-0.2, 0) is 0 Å². The number of benzene rings is 1. The number of aromatic nitrogens is 1. The minimum atomic E-state index is -0.548. The van der Waals surface area contributed by atoms with Crippen LogP contribution >= 0.6 is 0 Å². The number of hydrogen-bond donors (Lipinski definition) is 0. The molecule has 3 nitrogen and oxygen atoms in total. The summed E-state index contributed by atoms with van der Waals surface area (Å²) in [7, 11) is 0. The van der Waals surface area contributed by atoms with E-state index < -0.39 is 5.82 Å². The molecule has 2 rings (SSSR count). The normalized spacial score (nSPS) is 10.0. The number of halogens is 1. The molecule has 4 heteroatoms. The van der Waals surface area contributed by atoms with Crippen LogP contribution in [-0.4, -0.2) is 5.16 Å². The molecule has 1 aromatic heterocycles. The Morgan fingerprint density at radius 3 is 3.08 bits per heavy atom. The van der Waals surface area contributed by atoms with Crippen LogP contribution in [0.15, 0.2) is 22.9 Å². The number of fused-ring (bicyclic) bond motifs is 1. The van der Waals surface area contributed by atoms with Gasteiger partial charge in [0.2, 0.25) is 0 Å². The summed E-state index contributed by atoms with van der Waals surface area (Å²) < 4.78 is 17.7. The van der Waals surface area contributed by atoms with Crippen molar-refractivity contribution in [3.8, 4) is 6.07 Å². The zero-order valence-corrected chi connectivity index (χ0v) is 5.91. The zero-order chi connectivity index (χ0) is 8.55. The van der Waals surface area contributed by atoms with Crippen LogP contribution < -0.4 is 0 Å². The van der Waals surface area contributed by atoms with E-state index in [0.29, 0.717) is 11.0 Å². The first kappa shape index (κ1) is 6.80. The SMILES string of the molecule is N#Cc1cc2oncc2cc1F. The van der Waals surface area contributed by atoms with E-state index in [-0.39, 0.29) is 5.56 Å². The molecule has 0 fully saturated rings. The quantitative estimate of drug-likeness (QED) is 0.593. The van der Waals surface area contributed by atoms with Crippen LogP contribution in [0.25, 0.3) is 11.0 Å². The summed E-state index contributed by atoms with van der Waals surface area (Å²) in [6, 6.07) is 4.27. The van der Waals surface area contributed by atoms with E-state index in [4.69, 9.17) is 9.78 Å². The van der Waals surface area contributed by atoms with Crippen LogP contribution in [0, 0.1) is 17.1 Å². The van der Waals surface area contributed by atoms with Gasteiger partial charge in [-0.25, -0.2) is 4.39 Å². The van der Waals surface area contributed by atoms with Gasteiger partial charge in [-0.1, -0.05) is 5.16 Å². The summed E-state index contributed by atoms with van der Waals surface area (Å²) in [5.74, 6) is -0.548. The Balaban J connectivity index is 2.84. The van der Waals surface area contributed by atoms with Gasteiger partial charge in [-0.15, -0.1) is 0 Å². The third-order valence-electron chi connectivity index (χ3n) is 1.56. The molecule has 0 aliphatic heterocycles. The van der Waals surface area contributed by atoms with E-state index in [1.165, 1.54) is 18.3 Å². The Labute approximate surface area is 67.0 Å². The average molecular weight is 162 g/mol. The zero-order valence-electron chi connectivity index (χ0n) is 5.91. The molecule has 0 saturated heterocycles. The highest BCUT2D eigenvalue weighted by Gasteiger charge is 2.05. The lowest BCUT2D eigenvalue weighted by atomic mass is 10.2. The Bertz CT molecular complexity index is 469. The molecule has 1 heterocycles. The van der Waals surface area contributed by atoms with E-state index in [9.17, 15) is 4.39 Å². The predicted octanol–water partition coefficient (Wildman–Crippen LogP) is 1.84. The predicted molar refractivity (Wildman–Crippen MR) is 38.7 cm³/mol. The molecule has 1 aromatic carbocycles. The van der Waals surface area contributed by atoms with Gasteiger partial charge in [0, 0.05) is 11.5 Å². The standard InChI is InChI=1S/C8H3FN2O/c9-7-1-6-4-11-12-8(6)2-5(7)3-10/h1-2,4H. The fraction of sp³-hybridized carbons (Fsp3) is 0. The number of nitriles is 1. The second-order valence-electron chi connectivity index (χ2n) is 2.31. The summed E-state index contributed by atoms with van der Waals surface area (Å²) in [4.78, 5) is 0. The maximum atomic E-state index is 12.9. The van der Waals surface area contributed by atoms with Crippen LogP contribution in [0.5, 0.6) is 0 Å². The molecule has 0 bridgehead atoms. The molecule has 0 aliphatic carbocycles. The summed E-state index contributed by atoms with van der Waals surface area (Å²) >= 11 is 0. The third kappa shape index (κ3) is 0.839. The molecule has 2 aromatic rings. The fourth-order valence-corrected chi connectivity index (χ4v) is 0.974. The van der Waals surface area contributed by atoms with Gasteiger partial charge < -0.3 is 4.52 Å². The molecule has 0 radical (unpaired) electrons. The largest absolute Gasteiger partial charge is 0.356 e. The van der Waals surface area contributed by atoms with E-state index in [1.807, 2.05) is 0 Å². The van der Waals surface area contributed by atoms with E-state index in [1.54, 1.807) is 6.07 Å². The molecule has 0 N–H and O–H groups in total. The molecular formula is C8H3FN2O. The minimum absolute atomic E-state index is 0.0285. The second-order valence-corrected chi connectivity index (χ2v) is 2.31. The molecule has 58 valence electrons. The van der Waals surface area contributed by atoms with Gasteiger partial charge in [-0.05, 0) is 6.07 Å². The van der Waals surface area contributed by atoms with Crippen molar-refractivity contribution in [1.29, 1.82) is 5.26 Å². The van der Waals surface area contributed by atoms with Gasteiger partial charge in [0.05, 0.1) is 11.8 Å². The van der Waals surface area contributed by atoms with Crippen molar-refractivity contribution in [2.75, 3.05) is 0 Å². The summed E-state index contributed by atoms with van der Waals surface area (Å²) in [6.45, 7) is 0. The minimum Gasteiger partial charge on any atom is -0.356 e. The Hall–Kier alpha value is -1.89. The monoisotopic (exact) mass is 162 g/mol. The fourth-order valence-electron chi connectivity index (χ4n) is 0.974. The van der Waals surface area contributed by atoms with Gasteiger partial charge in [0.15, 0.2) is 5.58 Å². The first-order chi connectivity index (χ1) is 5.81. The van der Waals surface area contributed by atoms with Crippen LogP contribution in [0.4, 0.5) is 4.39 Å². The number of nitrogens with zero attached hydrogens (tertiary/aromatic N) is 2. The lowest BCUT2D eigenvalue weighted by Gasteiger charge is -1.90. The van der Waals surface area contributed by atoms with E-state index in [2.05, 4.69) is 5.16 Å². The van der Waals surface area contributed by atoms with Gasteiger partial charge >= 0.3 is 0 Å². The van der Waals surface area contributed by atoms with Crippen molar-refractivity contribution in [2.45, 2.75) is 0 Å². The van der Waals surface area contributed by atoms with Gasteiger partial charge in [0.1, 0.15) is 11.9 Å². The molecule has 0 atom stereocenters. The number of rotatable bonds is 0. The topological polar surface area (TPSA) is 49.8 Å². The van der Waals surface area contributed by atoms with Crippen molar-refractivity contribution in [3.05, 3.63) is 29.7 Å². The second kappa shape index (κ2) is 2.31. The van der Waals surface area contributed by atoms with E-state index >= 15 is 0 Å². The molecular weight excluding hydrogens is 159 g/mol. The molecule has 0 spiro atoms. The van der Waals surface area contributed by atoms with Gasteiger partial charge in [0.25, 0.3) is 0 Å². The van der Waals surface area contributed by atoms with Gasteiger partial charge in [-0.2, -0.15) is 5.26 Å². The highest BCUT2D eigenvalue weighted by Crippen LogP contribution is 2.17. The Morgan fingerprint density at radius 1 is 1.50 bits per heavy atom. The Kier molecular flexibility index (Phi) is 1.31. The van der Waals surface area contributed by atoms with Crippen molar-refractivity contribution in [3.63, 3.8) is 0 Å². The highest BCUT2D eigenvalue weighted by atomic mass is 19.1. The van der Waals surface area contributed by atoms with Crippen LogP contribution in [0.3, 0.4) is 0 Å². The Morgan fingerprint density at radius 2 is 2.33 bits per heavy atom. The third-order valence-corrected chi connectivity index (χ3v) is 1.56. The molecule has 0 saturated carbocycles. The maximum Gasteiger partial charge on any atom is 0.168 e. The maximum absolute atomic E-state index is 12.9. The van der Waals surface area contributed by atoms with Gasteiger partial charge in [-0.3, -0.25) is 0 Å². The lowest BCUT2D eigenvalue weighted by molar-refractivity contribution is 0.456. The molecule has 0 aliphatic rings. The van der Waals surface area contributed by atoms with Crippen molar-refractivity contribution < 1.29 is 8.91 Å². The first-order valence-corrected chi connectivity index (χ1v) is 3.25. The summed E-state index contributed by atoms with van der Waals surface area (Å²) in [5, 5.41) is 12.5. The van der Waals surface area contributed by atoms with Crippen molar-refractivity contribution in [2.24, 2.45) is 0 Å². The smallest absolute Gasteiger partial charge is 0.168 e. The first-order valence-electron chi connectivity index (χ1n) is 3.25. The highest BCUT2D eigenvalue weighted by molar-refractivity contribution is 5.77. The number of hydrogen-bond acceptors (Lipinski definition) is 3. The summed E-state index contributed by atoms with van der Waals surface area (Å²) in [5.41, 5.74) is 0.396. The van der Waals surface area contributed by atoms with Crippen molar-refractivity contribution in [1.82, 2.24) is 5.16 Å². The molecule has 12 heavy (non-hydrogen) atoms. The summed E-state index contributed by atoms with van der Waals surface area (Å²) in [6.07, 6.45) is 1.40. The van der Waals surface area contributed by atoms with Crippen LogP contribution in [0.2, 0.25) is 0 Å². The van der Waals surface area contributed by atoms with Crippen molar-refractivity contribution >= 4 is 11.0 Å². The van der Waals surface area contributed by atoms with E-state index in [0.717, 1.165) is 0 Å². The van der Waals surface area contributed by atoms with Crippen LogP contribution in [0.1, 0.15) is 5.56 Å². The molecule has 0 unspecified atom stereocenters. The lowest BCUT2D eigenvalue weighted by Crippen LogP contribution is -1.81. The average Bonchev–Trinajstić information content (AvgIpc) is 2.49.